The summed E-state index contributed by atoms with van der Waals surface area (Å²) in [6.07, 6.45) is 9.85. The maximum absolute atomic E-state index is 2.27. The molecule has 1 nitrogen and oxygen atoms in total. The molecule has 62 valence electrons. The molecule has 0 N–H and O–H groups in total. The lowest BCUT2D eigenvalue weighted by Gasteiger charge is -2.03. The van der Waals surface area contributed by atoms with Crippen molar-refractivity contribution in [3.8, 4) is 0 Å². The first-order valence-electron chi connectivity index (χ1n) is 4.28. The van der Waals surface area contributed by atoms with Crippen LogP contribution in [0.2, 0.25) is 0 Å². The molecule has 12 heavy (non-hydrogen) atoms. The van der Waals surface area contributed by atoms with Gasteiger partial charge in [-0.1, -0.05) is 18.2 Å². The lowest BCUT2D eigenvalue weighted by atomic mass is 10.1. The highest BCUT2D eigenvalue weighted by Crippen LogP contribution is 2.24. The Balaban J connectivity index is 2.51. The zero-order valence-electron chi connectivity index (χ0n) is 7.54. The summed E-state index contributed by atoms with van der Waals surface area (Å²) in [6, 6.07) is 2.16. The van der Waals surface area contributed by atoms with Gasteiger partial charge in [0.05, 0.1) is 5.69 Å². The molecule has 1 heteroatoms. The van der Waals surface area contributed by atoms with Crippen molar-refractivity contribution in [3.05, 3.63) is 41.7 Å². The van der Waals surface area contributed by atoms with E-state index >= 15 is 0 Å². The Hall–Kier alpha value is -1.24. The van der Waals surface area contributed by atoms with E-state index in [0.717, 1.165) is 6.42 Å². The molecule has 1 heterocycles. The van der Waals surface area contributed by atoms with Crippen molar-refractivity contribution in [1.82, 2.24) is 4.57 Å². The van der Waals surface area contributed by atoms with Gasteiger partial charge >= 0.3 is 0 Å². The van der Waals surface area contributed by atoms with Gasteiger partial charge in [0.15, 0.2) is 0 Å². The lowest BCUT2D eigenvalue weighted by Crippen LogP contribution is -1.93. The molecule has 1 aliphatic carbocycles. The Morgan fingerprint density at radius 2 is 2.25 bits per heavy atom. The van der Waals surface area contributed by atoms with E-state index in [9.17, 15) is 0 Å². The third-order valence-corrected chi connectivity index (χ3v) is 2.32. The Kier molecular flexibility index (Phi) is 1.65. The number of hydrogen-bond donors (Lipinski definition) is 0. The Labute approximate surface area is 73.0 Å². The van der Waals surface area contributed by atoms with Crippen molar-refractivity contribution in [2.75, 3.05) is 0 Å². The van der Waals surface area contributed by atoms with E-state index in [2.05, 4.69) is 49.0 Å². The van der Waals surface area contributed by atoms with Crippen LogP contribution in [0.3, 0.4) is 0 Å². The molecule has 0 aliphatic heterocycles. The van der Waals surface area contributed by atoms with Crippen molar-refractivity contribution in [3.63, 3.8) is 0 Å². The number of aromatic nitrogens is 1. The van der Waals surface area contributed by atoms with Crippen LogP contribution in [0.15, 0.2) is 30.5 Å². The molecule has 0 unspecified atom stereocenters. The van der Waals surface area contributed by atoms with E-state index in [1.165, 1.54) is 16.8 Å². The minimum Gasteiger partial charge on any atom is -0.350 e. The predicted molar refractivity (Wildman–Crippen MR) is 51.9 cm³/mol. The van der Waals surface area contributed by atoms with Gasteiger partial charge in [-0.2, -0.15) is 0 Å². The van der Waals surface area contributed by atoms with Crippen molar-refractivity contribution in [1.29, 1.82) is 0 Å². The summed E-state index contributed by atoms with van der Waals surface area (Å²) in [5.74, 6) is 0. The minimum atomic E-state index is 1.08. The van der Waals surface area contributed by atoms with E-state index < -0.39 is 0 Å². The molecule has 0 aromatic carbocycles. The first kappa shape index (κ1) is 7.41. The molecule has 0 spiro atoms. The van der Waals surface area contributed by atoms with E-state index in [1.807, 2.05) is 0 Å². The highest BCUT2D eigenvalue weighted by molar-refractivity contribution is 5.76. The standard InChI is InChI=1S/C11H13N/c1-9-7-8-12(2)11(9)10-5-3-4-6-10/h3,5-8H,4H2,1-2H3. The van der Waals surface area contributed by atoms with Gasteiger partial charge in [0.1, 0.15) is 0 Å². The maximum Gasteiger partial charge on any atom is 0.0504 e. The van der Waals surface area contributed by atoms with E-state index in [0.29, 0.717) is 0 Å². The van der Waals surface area contributed by atoms with Gasteiger partial charge in [-0.05, 0) is 30.5 Å². The van der Waals surface area contributed by atoms with Gasteiger partial charge in [0, 0.05) is 13.2 Å². The average molecular weight is 159 g/mol. The fraction of sp³-hybridized carbons (Fsp3) is 0.273. The zero-order chi connectivity index (χ0) is 8.55. The van der Waals surface area contributed by atoms with Crippen molar-refractivity contribution >= 4 is 5.57 Å². The SMILES string of the molecule is Cc1ccn(C)c1C1=CCC=C1. The van der Waals surface area contributed by atoms with Crippen molar-refractivity contribution in [2.45, 2.75) is 13.3 Å². The van der Waals surface area contributed by atoms with Crippen molar-refractivity contribution < 1.29 is 0 Å². The molecule has 1 aromatic rings. The summed E-state index contributed by atoms with van der Waals surface area (Å²) < 4.78 is 2.18. The average Bonchev–Trinajstić information content (AvgIpc) is 2.61. The fourth-order valence-corrected chi connectivity index (χ4v) is 1.72. The van der Waals surface area contributed by atoms with Gasteiger partial charge < -0.3 is 4.57 Å². The summed E-state index contributed by atoms with van der Waals surface area (Å²) in [5.41, 5.74) is 4.07. The number of aryl methyl sites for hydroxylation is 2. The Morgan fingerprint density at radius 1 is 1.42 bits per heavy atom. The second kappa shape index (κ2) is 2.67. The monoisotopic (exact) mass is 159 g/mol. The second-order valence-electron chi connectivity index (χ2n) is 3.26. The second-order valence-corrected chi connectivity index (χ2v) is 3.26. The lowest BCUT2D eigenvalue weighted by molar-refractivity contribution is 0.906. The largest absolute Gasteiger partial charge is 0.350 e. The summed E-state index contributed by atoms with van der Waals surface area (Å²) in [7, 11) is 2.09. The zero-order valence-corrected chi connectivity index (χ0v) is 7.54. The number of hydrogen-bond acceptors (Lipinski definition) is 0. The third-order valence-electron chi connectivity index (χ3n) is 2.32. The van der Waals surface area contributed by atoms with Crippen LogP contribution in [0.4, 0.5) is 0 Å². The highest BCUT2D eigenvalue weighted by atomic mass is 14.9. The topological polar surface area (TPSA) is 4.93 Å². The number of nitrogens with zero attached hydrogens (tertiary/aromatic N) is 1. The van der Waals surface area contributed by atoms with Crippen molar-refractivity contribution in [2.24, 2.45) is 7.05 Å². The highest BCUT2D eigenvalue weighted by Gasteiger charge is 2.07. The third kappa shape index (κ3) is 1.02. The summed E-state index contributed by atoms with van der Waals surface area (Å²) in [4.78, 5) is 0. The van der Waals surface area contributed by atoms with Crippen LogP contribution in [-0.2, 0) is 7.05 Å². The predicted octanol–water partition coefficient (Wildman–Crippen LogP) is 2.68. The molecular formula is C11H13N. The van der Waals surface area contributed by atoms with E-state index in [1.54, 1.807) is 0 Å². The molecule has 0 atom stereocenters. The Morgan fingerprint density at radius 3 is 2.75 bits per heavy atom. The smallest absolute Gasteiger partial charge is 0.0504 e. The van der Waals surface area contributed by atoms with Crippen LogP contribution in [0.1, 0.15) is 17.7 Å². The van der Waals surface area contributed by atoms with Crippen LogP contribution < -0.4 is 0 Å². The first-order valence-corrected chi connectivity index (χ1v) is 4.28. The van der Waals surface area contributed by atoms with Crippen LogP contribution in [0, 0.1) is 6.92 Å². The molecule has 0 saturated heterocycles. The van der Waals surface area contributed by atoms with E-state index in [-0.39, 0.29) is 0 Å². The van der Waals surface area contributed by atoms with Crippen LogP contribution >= 0.6 is 0 Å². The molecular weight excluding hydrogens is 146 g/mol. The minimum absolute atomic E-state index is 1.08. The fourth-order valence-electron chi connectivity index (χ4n) is 1.72. The molecule has 0 bridgehead atoms. The van der Waals surface area contributed by atoms with Crippen LogP contribution in [0.5, 0.6) is 0 Å². The number of allylic oxidation sites excluding steroid dienone is 4. The Bertz CT molecular complexity index is 334. The van der Waals surface area contributed by atoms with Gasteiger partial charge in [0.25, 0.3) is 0 Å². The van der Waals surface area contributed by atoms with Crippen LogP contribution in [0.25, 0.3) is 5.57 Å². The quantitative estimate of drug-likeness (QED) is 0.593. The number of rotatable bonds is 1. The van der Waals surface area contributed by atoms with Gasteiger partial charge in [-0.3, -0.25) is 0 Å². The molecule has 0 saturated carbocycles. The van der Waals surface area contributed by atoms with E-state index in [4.69, 9.17) is 0 Å². The van der Waals surface area contributed by atoms with Gasteiger partial charge in [-0.15, -0.1) is 0 Å². The summed E-state index contributed by atoms with van der Waals surface area (Å²) in [5, 5.41) is 0. The first-order chi connectivity index (χ1) is 5.79. The molecule has 2 rings (SSSR count). The molecule has 0 fully saturated rings. The molecule has 1 aliphatic rings. The summed E-state index contributed by atoms with van der Waals surface area (Å²) >= 11 is 0. The summed E-state index contributed by atoms with van der Waals surface area (Å²) in [6.45, 7) is 2.16. The molecule has 1 aromatic heterocycles. The van der Waals surface area contributed by atoms with Gasteiger partial charge in [-0.25, -0.2) is 0 Å². The maximum atomic E-state index is 2.27. The normalized spacial score (nSPS) is 15.3. The van der Waals surface area contributed by atoms with Crippen LogP contribution in [-0.4, -0.2) is 4.57 Å². The molecule has 0 amide bonds. The van der Waals surface area contributed by atoms with Gasteiger partial charge in [0.2, 0.25) is 0 Å². The molecule has 0 radical (unpaired) electrons.